The number of alkyl halides is 2. The Kier molecular flexibility index (Phi) is 6.12. The molecule has 0 aliphatic rings. The highest BCUT2D eigenvalue weighted by molar-refractivity contribution is 6.39. The molecule has 114 valence electrons. The molecule has 1 rings (SSSR count). The van der Waals surface area contributed by atoms with Crippen LogP contribution in [-0.4, -0.2) is 32.1 Å². The van der Waals surface area contributed by atoms with E-state index < -0.39 is 18.4 Å². The molecule has 0 atom stereocenters. The molecule has 0 spiro atoms. The van der Waals surface area contributed by atoms with Crippen molar-refractivity contribution in [3.8, 4) is 11.5 Å². The number of rotatable bonds is 6. The van der Waals surface area contributed by atoms with E-state index in [0.29, 0.717) is 0 Å². The van der Waals surface area contributed by atoms with Crippen LogP contribution < -0.4 is 20.1 Å². The predicted molar refractivity (Wildman–Crippen MR) is 71.5 cm³/mol. The van der Waals surface area contributed by atoms with Crippen molar-refractivity contribution in [2.45, 2.75) is 6.61 Å². The Hall–Kier alpha value is -2.64. The first-order valence-electron chi connectivity index (χ1n) is 5.80. The van der Waals surface area contributed by atoms with Crippen LogP contribution in [0.1, 0.15) is 0 Å². The fourth-order valence-corrected chi connectivity index (χ4v) is 1.38. The Morgan fingerprint density at radius 2 is 2.05 bits per heavy atom. The van der Waals surface area contributed by atoms with Gasteiger partial charge in [0.2, 0.25) is 0 Å². The molecule has 1 aromatic rings. The highest BCUT2D eigenvalue weighted by Gasteiger charge is 2.15. The zero-order valence-electron chi connectivity index (χ0n) is 11.2. The molecule has 0 fully saturated rings. The fourth-order valence-electron chi connectivity index (χ4n) is 1.38. The average molecular weight is 300 g/mol. The first kappa shape index (κ1) is 16.4. The second-order valence-corrected chi connectivity index (χ2v) is 3.70. The summed E-state index contributed by atoms with van der Waals surface area (Å²) >= 11 is 0. The van der Waals surface area contributed by atoms with E-state index in [9.17, 15) is 18.4 Å². The smallest absolute Gasteiger partial charge is 0.387 e. The van der Waals surface area contributed by atoms with Crippen molar-refractivity contribution in [3.05, 3.63) is 30.9 Å². The van der Waals surface area contributed by atoms with Crippen LogP contribution in [0, 0.1) is 0 Å². The zero-order chi connectivity index (χ0) is 15.8. The Balaban J connectivity index is 2.81. The molecular formula is C13H14F2N2O4. The summed E-state index contributed by atoms with van der Waals surface area (Å²) in [6.07, 6.45) is 1.41. The number of carbonyl (C=O) groups is 2. The van der Waals surface area contributed by atoms with Gasteiger partial charge in [-0.1, -0.05) is 6.08 Å². The van der Waals surface area contributed by atoms with Crippen molar-refractivity contribution < 1.29 is 27.8 Å². The standard InChI is InChI=1S/C13H14F2N2O4/c1-3-6-16-11(18)12(19)17-8-4-5-9(20-2)10(7-8)21-13(14)15/h3-5,7,13H,1,6H2,2H3,(H,16,18)(H,17,19). The number of amides is 2. The molecular weight excluding hydrogens is 286 g/mol. The Morgan fingerprint density at radius 3 is 2.62 bits per heavy atom. The van der Waals surface area contributed by atoms with Crippen LogP contribution in [-0.2, 0) is 9.59 Å². The minimum absolute atomic E-state index is 0.0735. The van der Waals surface area contributed by atoms with Crippen molar-refractivity contribution >= 4 is 17.5 Å². The Labute approximate surface area is 119 Å². The minimum Gasteiger partial charge on any atom is -0.493 e. The van der Waals surface area contributed by atoms with Gasteiger partial charge in [-0.2, -0.15) is 8.78 Å². The van der Waals surface area contributed by atoms with Gasteiger partial charge in [0.25, 0.3) is 0 Å². The normalized spacial score (nSPS) is 9.90. The van der Waals surface area contributed by atoms with E-state index >= 15 is 0 Å². The molecule has 0 heterocycles. The molecule has 0 radical (unpaired) electrons. The topological polar surface area (TPSA) is 76.7 Å². The van der Waals surface area contributed by atoms with Gasteiger partial charge in [-0.05, 0) is 12.1 Å². The third-order valence-electron chi connectivity index (χ3n) is 2.25. The SMILES string of the molecule is C=CCNC(=O)C(=O)Nc1ccc(OC)c(OC(F)F)c1. The van der Waals surface area contributed by atoms with Gasteiger partial charge in [-0.15, -0.1) is 6.58 Å². The number of anilines is 1. The lowest BCUT2D eigenvalue weighted by molar-refractivity contribution is -0.136. The first-order chi connectivity index (χ1) is 9.97. The van der Waals surface area contributed by atoms with Crippen molar-refractivity contribution in [1.82, 2.24) is 5.32 Å². The van der Waals surface area contributed by atoms with E-state index in [1.54, 1.807) is 0 Å². The maximum absolute atomic E-state index is 12.3. The van der Waals surface area contributed by atoms with Crippen molar-refractivity contribution in [2.75, 3.05) is 19.0 Å². The molecule has 0 aliphatic heterocycles. The summed E-state index contributed by atoms with van der Waals surface area (Å²) in [7, 11) is 1.29. The van der Waals surface area contributed by atoms with E-state index in [1.165, 1.54) is 25.3 Å². The second kappa shape index (κ2) is 7.83. The number of hydrogen-bond acceptors (Lipinski definition) is 4. The second-order valence-electron chi connectivity index (χ2n) is 3.70. The quantitative estimate of drug-likeness (QED) is 0.617. The van der Waals surface area contributed by atoms with E-state index in [4.69, 9.17) is 4.74 Å². The van der Waals surface area contributed by atoms with Gasteiger partial charge in [0.1, 0.15) is 0 Å². The molecule has 6 nitrogen and oxygen atoms in total. The third kappa shape index (κ3) is 5.09. The molecule has 21 heavy (non-hydrogen) atoms. The third-order valence-corrected chi connectivity index (χ3v) is 2.25. The summed E-state index contributed by atoms with van der Waals surface area (Å²) in [6, 6.07) is 3.84. The lowest BCUT2D eigenvalue weighted by atomic mass is 10.2. The van der Waals surface area contributed by atoms with Crippen LogP contribution in [0.15, 0.2) is 30.9 Å². The summed E-state index contributed by atoms with van der Waals surface area (Å²) in [4.78, 5) is 22.9. The van der Waals surface area contributed by atoms with E-state index in [0.717, 1.165) is 6.07 Å². The lowest BCUT2D eigenvalue weighted by Crippen LogP contribution is -2.35. The molecule has 1 aromatic carbocycles. The highest BCUT2D eigenvalue weighted by Crippen LogP contribution is 2.31. The first-order valence-corrected chi connectivity index (χ1v) is 5.80. The van der Waals surface area contributed by atoms with Gasteiger partial charge in [-0.3, -0.25) is 9.59 Å². The number of hydrogen-bond donors (Lipinski definition) is 2. The lowest BCUT2D eigenvalue weighted by Gasteiger charge is -2.12. The van der Waals surface area contributed by atoms with Crippen molar-refractivity contribution in [1.29, 1.82) is 0 Å². The maximum atomic E-state index is 12.3. The Morgan fingerprint density at radius 1 is 1.33 bits per heavy atom. The molecule has 2 amide bonds. The summed E-state index contributed by atoms with van der Waals surface area (Å²) in [5.41, 5.74) is 0.116. The van der Waals surface area contributed by atoms with Gasteiger partial charge in [0.15, 0.2) is 11.5 Å². The molecule has 0 bridgehead atoms. The van der Waals surface area contributed by atoms with Crippen LogP contribution in [0.3, 0.4) is 0 Å². The number of ether oxygens (including phenoxy) is 2. The number of carbonyl (C=O) groups excluding carboxylic acids is 2. The minimum atomic E-state index is -3.04. The number of halogens is 2. The van der Waals surface area contributed by atoms with Crippen LogP contribution in [0.4, 0.5) is 14.5 Å². The van der Waals surface area contributed by atoms with Crippen molar-refractivity contribution in [3.63, 3.8) is 0 Å². The molecule has 0 unspecified atom stereocenters. The van der Waals surface area contributed by atoms with Gasteiger partial charge < -0.3 is 20.1 Å². The van der Waals surface area contributed by atoms with Crippen LogP contribution in [0.2, 0.25) is 0 Å². The maximum Gasteiger partial charge on any atom is 0.387 e. The molecule has 0 aromatic heterocycles. The van der Waals surface area contributed by atoms with E-state index in [-0.39, 0.29) is 23.7 Å². The molecule has 8 heteroatoms. The number of benzene rings is 1. The van der Waals surface area contributed by atoms with Gasteiger partial charge >= 0.3 is 18.4 Å². The summed E-state index contributed by atoms with van der Waals surface area (Å²) in [6.45, 7) is 0.479. The molecule has 0 saturated heterocycles. The zero-order valence-corrected chi connectivity index (χ0v) is 11.2. The number of nitrogens with one attached hydrogen (secondary N) is 2. The monoisotopic (exact) mass is 300 g/mol. The van der Waals surface area contributed by atoms with E-state index in [2.05, 4.69) is 21.9 Å². The largest absolute Gasteiger partial charge is 0.493 e. The van der Waals surface area contributed by atoms with Crippen LogP contribution >= 0.6 is 0 Å². The van der Waals surface area contributed by atoms with Gasteiger partial charge in [-0.25, -0.2) is 0 Å². The highest BCUT2D eigenvalue weighted by atomic mass is 19.3. The summed E-state index contributed by atoms with van der Waals surface area (Å²) < 4.78 is 33.6. The van der Waals surface area contributed by atoms with Gasteiger partial charge in [0.05, 0.1) is 7.11 Å². The molecule has 0 saturated carbocycles. The number of methoxy groups -OCH3 is 1. The van der Waals surface area contributed by atoms with E-state index in [1.807, 2.05) is 0 Å². The summed E-state index contributed by atoms with van der Waals surface area (Å²) in [5, 5.41) is 4.53. The Bertz CT molecular complexity index is 535. The molecule has 2 N–H and O–H groups in total. The molecule has 0 aliphatic carbocycles. The van der Waals surface area contributed by atoms with Crippen LogP contribution in [0.5, 0.6) is 11.5 Å². The average Bonchev–Trinajstić information content (AvgIpc) is 2.44. The van der Waals surface area contributed by atoms with Crippen LogP contribution in [0.25, 0.3) is 0 Å². The van der Waals surface area contributed by atoms with Crippen molar-refractivity contribution in [2.24, 2.45) is 0 Å². The summed E-state index contributed by atoms with van der Waals surface area (Å²) in [5.74, 6) is -1.99. The predicted octanol–water partition coefficient (Wildman–Crippen LogP) is 1.54. The van der Waals surface area contributed by atoms with Gasteiger partial charge in [0, 0.05) is 18.3 Å². The fraction of sp³-hybridized carbons (Fsp3) is 0.231.